The van der Waals surface area contributed by atoms with Gasteiger partial charge in [0.2, 0.25) is 5.91 Å². The summed E-state index contributed by atoms with van der Waals surface area (Å²) >= 11 is 1.29. The smallest absolute Gasteiger partial charge is 0.313 e. The fraction of sp³-hybridized carbons (Fsp3) is 0.467. The Labute approximate surface area is 129 Å². The molecule has 0 aliphatic heterocycles. The van der Waals surface area contributed by atoms with E-state index in [9.17, 15) is 9.59 Å². The summed E-state index contributed by atoms with van der Waals surface area (Å²) in [7, 11) is 0. The van der Waals surface area contributed by atoms with E-state index >= 15 is 0 Å². The van der Waals surface area contributed by atoms with E-state index in [0.717, 1.165) is 11.3 Å². The Morgan fingerprint density at radius 3 is 2.81 bits per heavy atom. The standard InChI is InChI=1S/C15H21NO4S/c1-12-5-2-3-6-13(12)20-9-4-7-14(17)16-8-10-21-11-15(18)19/h2-3,5-6H,4,7-11H2,1H3,(H,16,17)(H,18,19). The molecule has 0 fully saturated rings. The predicted octanol–water partition coefficient (Wildman–Crippen LogP) is 2.09. The molecule has 0 unspecified atom stereocenters. The van der Waals surface area contributed by atoms with Crippen molar-refractivity contribution < 1.29 is 19.4 Å². The van der Waals surface area contributed by atoms with E-state index in [0.29, 0.717) is 31.7 Å². The van der Waals surface area contributed by atoms with Crippen LogP contribution in [-0.4, -0.2) is 41.6 Å². The molecule has 116 valence electrons. The number of carboxylic acid groups (broad SMARTS) is 1. The molecule has 0 saturated heterocycles. The molecule has 0 aliphatic rings. The largest absolute Gasteiger partial charge is 0.493 e. The highest BCUT2D eigenvalue weighted by Crippen LogP contribution is 2.16. The number of para-hydroxylation sites is 1. The highest BCUT2D eigenvalue weighted by Gasteiger charge is 2.03. The predicted molar refractivity (Wildman–Crippen MR) is 83.9 cm³/mol. The quantitative estimate of drug-likeness (QED) is 0.647. The summed E-state index contributed by atoms with van der Waals surface area (Å²) in [4.78, 5) is 21.8. The molecule has 0 saturated carbocycles. The summed E-state index contributed by atoms with van der Waals surface area (Å²) in [5, 5.41) is 11.2. The van der Waals surface area contributed by atoms with E-state index < -0.39 is 5.97 Å². The van der Waals surface area contributed by atoms with E-state index in [-0.39, 0.29) is 11.7 Å². The number of rotatable bonds is 10. The number of amides is 1. The first-order valence-corrected chi connectivity index (χ1v) is 7.99. The molecule has 0 heterocycles. The Morgan fingerprint density at radius 1 is 1.33 bits per heavy atom. The van der Waals surface area contributed by atoms with Gasteiger partial charge in [0.15, 0.2) is 0 Å². The number of thioether (sulfide) groups is 1. The van der Waals surface area contributed by atoms with Crippen LogP contribution in [0.4, 0.5) is 0 Å². The Balaban J connectivity index is 2.03. The average Bonchev–Trinajstić information content (AvgIpc) is 2.44. The van der Waals surface area contributed by atoms with Crippen molar-refractivity contribution in [2.75, 3.05) is 24.7 Å². The van der Waals surface area contributed by atoms with Gasteiger partial charge in [0.1, 0.15) is 5.75 Å². The van der Waals surface area contributed by atoms with Crippen LogP contribution in [0.15, 0.2) is 24.3 Å². The summed E-state index contributed by atoms with van der Waals surface area (Å²) in [6.07, 6.45) is 1.07. The molecule has 6 heteroatoms. The van der Waals surface area contributed by atoms with Crippen molar-refractivity contribution in [1.29, 1.82) is 0 Å². The van der Waals surface area contributed by atoms with Crippen LogP contribution in [-0.2, 0) is 9.59 Å². The zero-order valence-corrected chi connectivity index (χ0v) is 12.9. The van der Waals surface area contributed by atoms with Gasteiger partial charge in [-0.05, 0) is 25.0 Å². The highest BCUT2D eigenvalue weighted by atomic mass is 32.2. The molecular formula is C15H21NO4S. The second-order valence-electron chi connectivity index (χ2n) is 4.51. The van der Waals surface area contributed by atoms with Crippen LogP contribution in [0.25, 0.3) is 0 Å². The lowest BCUT2D eigenvalue weighted by Crippen LogP contribution is -2.26. The molecule has 0 bridgehead atoms. The summed E-state index contributed by atoms with van der Waals surface area (Å²) < 4.78 is 5.61. The Bertz CT molecular complexity index is 465. The Morgan fingerprint density at radius 2 is 2.10 bits per heavy atom. The van der Waals surface area contributed by atoms with Crippen molar-refractivity contribution in [2.24, 2.45) is 0 Å². The lowest BCUT2D eigenvalue weighted by atomic mass is 10.2. The third-order valence-corrected chi connectivity index (χ3v) is 3.64. The zero-order valence-electron chi connectivity index (χ0n) is 12.1. The zero-order chi connectivity index (χ0) is 15.5. The minimum atomic E-state index is -0.834. The molecule has 1 aromatic carbocycles. The second-order valence-corrected chi connectivity index (χ2v) is 5.62. The lowest BCUT2D eigenvalue weighted by molar-refractivity contribution is -0.133. The number of aliphatic carboxylic acids is 1. The monoisotopic (exact) mass is 311 g/mol. The molecule has 1 amide bonds. The maximum atomic E-state index is 11.5. The van der Waals surface area contributed by atoms with Crippen molar-refractivity contribution in [3.63, 3.8) is 0 Å². The average molecular weight is 311 g/mol. The molecule has 1 aromatic rings. The number of carbonyl (C=O) groups is 2. The fourth-order valence-corrected chi connectivity index (χ4v) is 2.21. The van der Waals surface area contributed by atoms with Crippen LogP contribution in [0.5, 0.6) is 5.75 Å². The number of hydrogen-bond acceptors (Lipinski definition) is 4. The lowest BCUT2D eigenvalue weighted by Gasteiger charge is -2.08. The highest BCUT2D eigenvalue weighted by molar-refractivity contribution is 7.99. The first-order chi connectivity index (χ1) is 10.1. The molecule has 0 atom stereocenters. The van der Waals surface area contributed by atoms with Crippen molar-refractivity contribution in [3.8, 4) is 5.75 Å². The molecule has 21 heavy (non-hydrogen) atoms. The maximum Gasteiger partial charge on any atom is 0.313 e. The van der Waals surface area contributed by atoms with Gasteiger partial charge in [0, 0.05) is 18.7 Å². The SMILES string of the molecule is Cc1ccccc1OCCCC(=O)NCCSCC(=O)O. The molecule has 0 spiro atoms. The molecular weight excluding hydrogens is 290 g/mol. The van der Waals surface area contributed by atoms with E-state index in [1.165, 1.54) is 11.8 Å². The first kappa shape index (κ1) is 17.4. The van der Waals surface area contributed by atoms with Crippen LogP contribution >= 0.6 is 11.8 Å². The van der Waals surface area contributed by atoms with Gasteiger partial charge in [-0.3, -0.25) is 9.59 Å². The normalized spacial score (nSPS) is 10.1. The van der Waals surface area contributed by atoms with Gasteiger partial charge in [-0.2, -0.15) is 0 Å². The number of aryl methyl sites for hydroxylation is 1. The number of ether oxygens (including phenoxy) is 1. The molecule has 0 radical (unpaired) electrons. The molecule has 5 nitrogen and oxygen atoms in total. The molecule has 2 N–H and O–H groups in total. The topological polar surface area (TPSA) is 75.6 Å². The number of carbonyl (C=O) groups excluding carboxylic acids is 1. The van der Waals surface area contributed by atoms with Crippen LogP contribution < -0.4 is 10.1 Å². The van der Waals surface area contributed by atoms with Gasteiger partial charge >= 0.3 is 5.97 Å². The van der Waals surface area contributed by atoms with E-state index in [4.69, 9.17) is 9.84 Å². The summed E-state index contributed by atoms with van der Waals surface area (Å²) in [6, 6.07) is 7.77. The molecule has 1 rings (SSSR count). The summed E-state index contributed by atoms with van der Waals surface area (Å²) in [6.45, 7) is 2.98. The van der Waals surface area contributed by atoms with Crippen LogP contribution in [0.3, 0.4) is 0 Å². The van der Waals surface area contributed by atoms with E-state index in [2.05, 4.69) is 5.32 Å². The summed E-state index contributed by atoms with van der Waals surface area (Å²) in [5.74, 6) is 0.666. The van der Waals surface area contributed by atoms with Crippen molar-refractivity contribution in [2.45, 2.75) is 19.8 Å². The third-order valence-electron chi connectivity index (χ3n) is 2.69. The van der Waals surface area contributed by atoms with Gasteiger partial charge in [-0.15, -0.1) is 11.8 Å². The number of nitrogens with one attached hydrogen (secondary N) is 1. The van der Waals surface area contributed by atoms with Crippen molar-refractivity contribution >= 4 is 23.6 Å². The Hall–Kier alpha value is -1.69. The number of carboxylic acids is 1. The minimum absolute atomic E-state index is 0.0284. The molecule has 0 aromatic heterocycles. The third kappa shape index (κ3) is 8.24. The van der Waals surface area contributed by atoms with Gasteiger partial charge in [0.25, 0.3) is 0 Å². The van der Waals surface area contributed by atoms with Gasteiger partial charge < -0.3 is 15.2 Å². The van der Waals surface area contributed by atoms with Gasteiger partial charge in [-0.1, -0.05) is 18.2 Å². The summed E-state index contributed by atoms with van der Waals surface area (Å²) in [5.41, 5.74) is 1.08. The van der Waals surface area contributed by atoms with Crippen molar-refractivity contribution in [1.82, 2.24) is 5.32 Å². The fourth-order valence-electron chi connectivity index (χ4n) is 1.64. The minimum Gasteiger partial charge on any atom is -0.493 e. The van der Waals surface area contributed by atoms with Gasteiger partial charge in [0.05, 0.1) is 12.4 Å². The maximum absolute atomic E-state index is 11.5. The molecule has 0 aliphatic carbocycles. The first-order valence-electron chi connectivity index (χ1n) is 6.84. The number of benzene rings is 1. The van der Waals surface area contributed by atoms with Crippen LogP contribution in [0.2, 0.25) is 0 Å². The van der Waals surface area contributed by atoms with E-state index in [1.807, 2.05) is 31.2 Å². The van der Waals surface area contributed by atoms with Gasteiger partial charge in [-0.25, -0.2) is 0 Å². The second kappa shape index (κ2) is 10.1. The number of hydrogen-bond donors (Lipinski definition) is 2. The van der Waals surface area contributed by atoms with Crippen LogP contribution in [0.1, 0.15) is 18.4 Å². The van der Waals surface area contributed by atoms with E-state index in [1.54, 1.807) is 0 Å². The Kier molecular flexibility index (Phi) is 8.35. The van der Waals surface area contributed by atoms with Crippen molar-refractivity contribution in [3.05, 3.63) is 29.8 Å². The van der Waals surface area contributed by atoms with Crippen LogP contribution in [0, 0.1) is 6.92 Å².